The van der Waals surface area contributed by atoms with Gasteiger partial charge in [-0.25, -0.2) is 0 Å². The van der Waals surface area contributed by atoms with Crippen LogP contribution in [0.4, 0.5) is 0 Å². The molecule has 0 atom stereocenters. The van der Waals surface area contributed by atoms with Crippen molar-refractivity contribution in [2.75, 3.05) is 7.05 Å². The van der Waals surface area contributed by atoms with Gasteiger partial charge in [-0.05, 0) is 37.4 Å². The van der Waals surface area contributed by atoms with Gasteiger partial charge in [-0.15, -0.1) is 0 Å². The molecule has 3 heteroatoms. The highest BCUT2D eigenvalue weighted by Gasteiger charge is 2.03. The third kappa shape index (κ3) is 3.22. The molecule has 0 saturated heterocycles. The Morgan fingerprint density at radius 1 is 1.06 bits per heavy atom. The van der Waals surface area contributed by atoms with Crippen molar-refractivity contribution < 1.29 is 4.74 Å². The summed E-state index contributed by atoms with van der Waals surface area (Å²) in [5, 5.41) is 3.83. The average Bonchev–Trinajstić information content (AvgIpc) is 2.35. The molecule has 0 bridgehead atoms. The monoisotopic (exact) mass is 247 g/mol. The van der Waals surface area contributed by atoms with Gasteiger partial charge in [-0.1, -0.05) is 29.8 Å². The third-order valence-corrected chi connectivity index (χ3v) is 2.63. The molecule has 88 valence electrons. The van der Waals surface area contributed by atoms with Crippen molar-refractivity contribution in [2.24, 2.45) is 0 Å². The fourth-order valence-corrected chi connectivity index (χ4v) is 1.70. The van der Waals surface area contributed by atoms with Crippen molar-refractivity contribution in [3.8, 4) is 11.5 Å². The van der Waals surface area contributed by atoms with E-state index in [9.17, 15) is 0 Å². The quantitative estimate of drug-likeness (QED) is 0.886. The summed E-state index contributed by atoms with van der Waals surface area (Å²) in [6.45, 7) is 0.782. The average molecular weight is 248 g/mol. The van der Waals surface area contributed by atoms with E-state index in [0.29, 0.717) is 5.02 Å². The Morgan fingerprint density at radius 3 is 2.47 bits per heavy atom. The summed E-state index contributed by atoms with van der Waals surface area (Å²) in [6.07, 6.45) is 0. The van der Waals surface area contributed by atoms with Gasteiger partial charge in [0.15, 0.2) is 0 Å². The van der Waals surface area contributed by atoms with Crippen molar-refractivity contribution >= 4 is 11.6 Å². The van der Waals surface area contributed by atoms with E-state index in [2.05, 4.69) is 5.32 Å². The van der Waals surface area contributed by atoms with Crippen LogP contribution in [0.1, 0.15) is 5.56 Å². The summed E-state index contributed by atoms with van der Waals surface area (Å²) in [5.74, 6) is 1.65. The fourth-order valence-electron chi connectivity index (χ4n) is 1.57. The molecular formula is C14H14ClNO. The molecular weight excluding hydrogens is 234 g/mol. The second kappa shape index (κ2) is 5.71. The van der Waals surface area contributed by atoms with Crippen LogP contribution in [0.5, 0.6) is 11.5 Å². The molecule has 0 aliphatic heterocycles. The molecule has 0 radical (unpaired) electrons. The highest BCUT2D eigenvalue weighted by molar-refractivity contribution is 6.30. The molecule has 0 saturated carbocycles. The molecule has 1 N–H and O–H groups in total. The molecule has 0 unspecified atom stereocenters. The first-order valence-corrected chi connectivity index (χ1v) is 5.83. The van der Waals surface area contributed by atoms with E-state index in [1.807, 2.05) is 55.6 Å². The molecule has 0 fully saturated rings. The Labute approximate surface area is 106 Å². The standard InChI is InChI=1S/C14H14ClNO/c1-16-10-11-4-2-3-5-14(11)17-13-8-6-12(15)7-9-13/h2-9,16H,10H2,1H3. The smallest absolute Gasteiger partial charge is 0.131 e. The fraction of sp³-hybridized carbons (Fsp3) is 0.143. The van der Waals surface area contributed by atoms with E-state index in [1.54, 1.807) is 0 Å². The first-order chi connectivity index (χ1) is 8.29. The summed E-state index contributed by atoms with van der Waals surface area (Å²) in [6, 6.07) is 15.3. The molecule has 2 rings (SSSR count). The number of benzene rings is 2. The maximum Gasteiger partial charge on any atom is 0.131 e. The highest BCUT2D eigenvalue weighted by atomic mass is 35.5. The van der Waals surface area contributed by atoms with Gasteiger partial charge < -0.3 is 10.1 Å². The first-order valence-electron chi connectivity index (χ1n) is 5.45. The minimum Gasteiger partial charge on any atom is -0.457 e. The van der Waals surface area contributed by atoms with Crippen molar-refractivity contribution in [2.45, 2.75) is 6.54 Å². The molecule has 0 aliphatic rings. The summed E-state index contributed by atoms with van der Waals surface area (Å²) in [7, 11) is 1.92. The van der Waals surface area contributed by atoms with Gasteiger partial charge in [0.05, 0.1) is 0 Å². The van der Waals surface area contributed by atoms with Crippen LogP contribution in [0.15, 0.2) is 48.5 Å². The van der Waals surface area contributed by atoms with E-state index in [-0.39, 0.29) is 0 Å². The summed E-state index contributed by atoms with van der Waals surface area (Å²) in [4.78, 5) is 0. The van der Waals surface area contributed by atoms with Gasteiger partial charge in [0.25, 0.3) is 0 Å². The maximum absolute atomic E-state index is 5.83. The maximum atomic E-state index is 5.83. The molecule has 0 spiro atoms. The van der Waals surface area contributed by atoms with Crippen molar-refractivity contribution in [3.05, 3.63) is 59.1 Å². The molecule has 17 heavy (non-hydrogen) atoms. The Morgan fingerprint density at radius 2 is 1.76 bits per heavy atom. The zero-order valence-corrected chi connectivity index (χ0v) is 10.4. The largest absolute Gasteiger partial charge is 0.457 e. The Balaban J connectivity index is 2.20. The number of ether oxygens (including phenoxy) is 1. The SMILES string of the molecule is CNCc1ccccc1Oc1ccc(Cl)cc1. The van der Waals surface area contributed by atoms with Crippen LogP contribution < -0.4 is 10.1 Å². The Kier molecular flexibility index (Phi) is 4.02. The zero-order valence-electron chi connectivity index (χ0n) is 9.61. The number of hydrogen-bond acceptors (Lipinski definition) is 2. The van der Waals surface area contributed by atoms with E-state index in [4.69, 9.17) is 16.3 Å². The van der Waals surface area contributed by atoms with E-state index >= 15 is 0 Å². The van der Waals surface area contributed by atoms with Crippen molar-refractivity contribution in [1.29, 1.82) is 0 Å². The molecule has 2 aromatic rings. The van der Waals surface area contributed by atoms with Gasteiger partial charge in [0.1, 0.15) is 11.5 Å². The molecule has 2 nitrogen and oxygen atoms in total. The van der Waals surface area contributed by atoms with Gasteiger partial charge in [-0.2, -0.15) is 0 Å². The van der Waals surface area contributed by atoms with Gasteiger partial charge in [0, 0.05) is 17.1 Å². The van der Waals surface area contributed by atoms with Crippen LogP contribution in [0.25, 0.3) is 0 Å². The van der Waals surface area contributed by atoms with Crippen LogP contribution >= 0.6 is 11.6 Å². The Bertz CT molecular complexity index is 482. The lowest BCUT2D eigenvalue weighted by atomic mass is 10.2. The number of para-hydroxylation sites is 1. The van der Waals surface area contributed by atoms with Gasteiger partial charge >= 0.3 is 0 Å². The van der Waals surface area contributed by atoms with Crippen LogP contribution in [-0.2, 0) is 6.54 Å². The topological polar surface area (TPSA) is 21.3 Å². The number of halogens is 1. The third-order valence-electron chi connectivity index (χ3n) is 2.38. The summed E-state index contributed by atoms with van der Waals surface area (Å²) in [5.41, 5.74) is 1.13. The van der Waals surface area contributed by atoms with E-state index < -0.39 is 0 Å². The lowest BCUT2D eigenvalue weighted by Crippen LogP contribution is -2.06. The minimum absolute atomic E-state index is 0.709. The number of rotatable bonds is 4. The predicted molar refractivity (Wildman–Crippen MR) is 70.7 cm³/mol. The zero-order chi connectivity index (χ0) is 12.1. The highest BCUT2D eigenvalue weighted by Crippen LogP contribution is 2.26. The van der Waals surface area contributed by atoms with Crippen molar-refractivity contribution in [3.63, 3.8) is 0 Å². The van der Waals surface area contributed by atoms with Crippen LogP contribution in [0.2, 0.25) is 5.02 Å². The van der Waals surface area contributed by atoms with Gasteiger partial charge in [-0.3, -0.25) is 0 Å². The molecule has 0 aromatic heterocycles. The minimum atomic E-state index is 0.709. The second-order valence-corrected chi connectivity index (χ2v) is 4.13. The predicted octanol–water partition coefficient (Wildman–Crippen LogP) is 3.85. The second-order valence-electron chi connectivity index (χ2n) is 3.69. The molecule has 0 amide bonds. The summed E-state index contributed by atoms with van der Waals surface area (Å²) < 4.78 is 5.82. The van der Waals surface area contributed by atoms with E-state index in [0.717, 1.165) is 23.6 Å². The lowest BCUT2D eigenvalue weighted by molar-refractivity contribution is 0.474. The molecule has 0 heterocycles. The normalized spacial score (nSPS) is 10.2. The molecule has 2 aromatic carbocycles. The van der Waals surface area contributed by atoms with Gasteiger partial charge in [0.2, 0.25) is 0 Å². The summed E-state index contributed by atoms with van der Waals surface area (Å²) >= 11 is 5.83. The molecule has 0 aliphatic carbocycles. The lowest BCUT2D eigenvalue weighted by Gasteiger charge is -2.10. The van der Waals surface area contributed by atoms with Crippen molar-refractivity contribution in [1.82, 2.24) is 5.32 Å². The van der Waals surface area contributed by atoms with E-state index in [1.165, 1.54) is 0 Å². The van der Waals surface area contributed by atoms with Crippen LogP contribution in [0, 0.1) is 0 Å². The Hall–Kier alpha value is -1.51. The number of nitrogens with one attached hydrogen (secondary N) is 1. The first kappa shape index (κ1) is 12.0. The van der Waals surface area contributed by atoms with Crippen LogP contribution in [0.3, 0.4) is 0 Å². The van der Waals surface area contributed by atoms with Crippen LogP contribution in [-0.4, -0.2) is 7.05 Å². The number of hydrogen-bond donors (Lipinski definition) is 1.